The predicted molar refractivity (Wildman–Crippen MR) is 114 cm³/mol. The lowest BCUT2D eigenvalue weighted by atomic mass is 9.86. The predicted octanol–water partition coefficient (Wildman–Crippen LogP) is 4.21. The smallest absolute Gasteiger partial charge is 0.144 e. The number of hydrogen-bond acceptors (Lipinski definition) is 6. The first-order valence-corrected chi connectivity index (χ1v) is 10.1. The van der Waals surface area contributed by atoms with E-state index in [0.29, 0.717) is 53.4 Å². The number of ether oxygens (including phenoxy) is 1. The van der Waals surface area contributed by atoms with Crippen molar-refractivity contribution in [3.63, 3.8) is 0 Å². The fraction of sp³-hybridized carbons (Fsp3) is 0.316. The van der Waals surface area contributed by atoms with E-state index in [1.807, 2.05) is 24.3 Å². The van der Waals surface area contributed by atoms with Gasteiger partial charge in [0.2, 0.25) is 0 Å². The molecule has 6 nitrogen and oxygen atoms in total. The Morgan fingerprint density at radius 2 is 1.86 bits per heavy atom. The van der Waals surface area contributed by atoms with Crippen molar-refractivity contribution in [3.05, 3.63) is 57.0 Å². The topological polar surface area (TPSA) is 74.9 Å². The summed E-state index contributed by atoms with van der Waals surface area (Å²) in [5.41, 5.74) is 8.44. The monoisotopic (exact) mass is 439 g/mol. The highest BCUT2D eigenvalue weighted by molar-refractivity contribution is 6.42. The van der Waals surface area contributed by atoms with Gasteiger partial charge < -0.3 is 10.2 Å². The molecule has 0 aliphatic carbocycles. The third-order valence-corrected chi connectivity index (χ3v) is 6.08. The summed E-state index contributed by atoms with van der Waals surface area (Å²) in [6.45, 7) is 1.77. The van der Waals surface area contributed by atoms with Crippen LogP contribution in [0.25, 0.3) is 0 Å². The first-order valence-electron chi connectivity index (χ1n) is 8.94. The molecule has 2 heterocycles. The van der Waals surface area contributed by atoms with Gasteiger partial charge in [-0.05, 0) is 29.8 Å². The second kappa shape index (κ2) is 8.06. The molecule has 2 aromatic carbocycles. The van der Waals surface area contributed by atoms with Gasteiger partial charge in [0.15, 0.2) is 0 Å². The lowest BCUT2D eigenvalue weighted by Gasteiger charge is -2.47. The van der Waals surface area contributed by atoms with Gasteiger partial charge in [0.05, 0.1) is 21.4 Å². The molecule has 9 heteroatoms. The van der Waals surface area contributed by atoms with E-state index in [4.69, 9.17) is 50.4 Å². The van der Waals surface area contributed by atoms with Crippen LogP contribution in [0.2, 0.25) is 15.1 Å². The van der Waals surface area contributed by atoms with E-state index in [9.17, 15) is 0 Å². The Morgan fingerprint density at radius 3 is 2.61 bits per heavy atom. The molecular weight excluding hydrogens is 421 g/mol. The Morgan fingerprint density at radius 1 is 1.11 bits per heavy atom. The van der Waals surface area contributed by atoms with Crippen molar-refractivity contribution in [2.24, 2.45) is 10.8 Å². The summed E-state index contributed by atoms with van der Waals surface area (Å²) in [5.74, 6) is 7.31. The molecule has 4 rings (SSSR count). The van der Waals surface area contributed by atoms with Gasteiger partial charge >= 0.3 is 0 Å². The average Bonchev–Trinajstić information content (AvgIpc) is 2.69. The molecule has 2 aliphatic heterocycles. The van der Waals surface area contributed by atoms with E-state index in [2.05, 4.69) is 10.9 Å². The number of fused-ring (bicyclic) bond motifs is 1. The van der Waals surface area contributed by atoms with Crippen molar-refractivity contribution in [2.75, 3.05) is 18.2 Å². The van der Waals surface area contributed by atoms with Gasteiger partial charge in [-0.25, -0.2) is 16.3 Å². The van der Waals surface area contributed by atoms with Crippen LogP contribution in [0.3, 0.4) is 0 Å². The first kappa shape index (κ1) is 19.8. The van der Waals surface area contributed by atoms with Crippen LogP contribution < -0.4 is 21.7 Å². The van der Waals surface area contributed by atoms with Gasteiger partial charge in [-0.15, -0.1) is 0 Å². The van der Waals surface area contributed by atoms with Gasteiger partial charge in [-0.3, -0.25) is 5.01 Å². The Bertz CT molecular complexity index is 914. The Hall–Kier alpha value is -1.54. The Labute approximate surface area is 178 Å². The Balaban J connectivity index is 1.63. The number of anilines is 1. The average molecular weight is 441 g/mol. The molecule has 0 bridgehead atoms. The number of halogens is 3. The maximum atomic E-state index is 6.58. The third-order valence-electron chi connectivity index (χ3n) is 5.12. The fourth-order valence-electron chi connectivity index (χ4n) is 3.59. The second-order valence-electron chi connectivity index (χ2n) is 6.84. The van der Waals surface area contributed by atoms with E-state index in [1.54, 1.807) is 17.1 Å². The second-order valence-corrected chi connectivity index (χ2v) is 8.09. The summed E-state index contributed by atoms with van der Waals surface area (Å²) in [6.07, 6.45) is 1.40. The molecule has 1 saturated heterocycles. The summed E-state index contributed by atoms with van der Waals surface area (Å²) >= 11 is 18.5. The van der Waals surface area contributed by atoms with E-state index in [-0.39, 0.29) is 0 Å². The molecule has 28 heavy (non-hydrogen) atoms. The molecule has 2 aliphatic rings. The molecule has 0 radical (unpaired) electrons. The zero-order valence-corrected chi connectivity index (χ0v) is 17.3. The highest BCUT2D eigenvalue weighted by atomic mass is 35.5. The number of hydrazine groups is 2. The van der Waals surface area contributed by atoms with Crippen LogP contribution in [0.5, 0.6) is 0 Å². The number of aliphatic imine (C=N–C) groups is 1. The van der Waals surface area contributed by atoms with Crippen LogP contribution in [0.1, 0.15) is 18.4 Å². The van der Waals surface area contributed by atoms with Gasteiger partial charge in [0, 0.05) is 37.6 Å². The number of nitrogens with one attached hydrogen (secondary N) is 2. The van der Waals surface area contributed by atoms with E-state index in [0.717, 1.165) is 17.1 Å². The minimum Gasteiger partial charge on any atom is -0.381 e. The lowest BCUT2D eigenvalue weighted by Crippen LogP contribution is -2.67. The zero-order chi connectivity index (χ0) is 19.7. The molecule has 0 aromatic heterocycles. The summed E-state index contributed by atoms with van der Waals surface area (Å²) in [6, 6.07) is 11.2. The van der Waals surface area contributed by atoms with Crippen molar-refractivity contribution in [1.29, 1.82) is 0 Å². The van der Waals surface area contributed by atoms with Crippen LogP contribution >= 0.6 is 34.8 Å². The van der Waals surface area contributed by atoms with Crippen LogP contribution in [0.4, 0.5) is 11.4 Å². The maximum absolute atomic E-state index is 6.58. The minimum atomic E-state index is -0.510. The van der Waals surface area contributed by atoms with Crippen molar-refractivity contribution in [2.45, 2.75) is 24.9 Å². The SMILES string of the molecule is NN1c2cc(Cl)c(Cl)cc2N=C(NNCc2cccc(Cl)c2)C12CCOCC2. The van der Waals surface area contributed by atoms with Gasteiger partial charge in [0.1, 0.15) is 11.4 Å². The molecule has 0 atom stereocenters. The number of hydrogen-bond donors (Lipinski definition) is 3. The standard InChI is InChI=1S/C19H20Cl3N5O/c20-13-3-1-2-12(8-13)11-24-26-18-19(4-6-28-7-5-19)27(23)17-10-15(22)14(21)9-16(17)25-18/h1-3,8-10,24H,4-7,11,23H2,(H,25,26). The third kappa shape index (κ3) is 3.68. The largest absolute Gasteiger partial charge is 0.381 e. The molecule has 0 saturated carbocycles. The maximum Gasteiger partial charge on any atom is 0.144 e. The highest BCUT2D eigenvalue weighted by Gasteiger charge is 2.46. The number of amidine groups is 1. The van der Waals surface area contributed by atoms with Crippen LogP contribution in [0, 0.1) is 0 Å². The van der Waals surface area contributed by atoms with E-state index in [1.165, 1.54) is 0 Å². The number of nitrogens with zero attached hydrogens (tertiary/aromatic N) is 2. The summed E-state index contributed by atoms with van der Waals surface area (Å²) < 4.78 is 5.56. The molecule has 1 spiro atoms. The first-order chi connectivity index (χ1) is 13.5. The quantitative estimate of drug-likeness (QED) is 0.492. The number of rotatable bonds is 3. The molecule has 1 fully saturated rings. The lowest BCUT2D eigenvalue weighted by molar-refractivity contribution is 0.0686. The van der Waals surface area contributed by atoms with Crippen molar-refractivity contribution in [3.8, 4) is 0 Å². The molecule has 0 unspecified atom stereocenters. The summed E-state index contributed by atoms with van der Waals surface area (Å²) in [5, 5.41) is 3.32. The number of nitrogens with two attached hydrogens (primary N) is 1. The number of benzene rings is 2. The highest BCUT2D eigenvalue weighted by Crippen LogP contribution is 2.44. The van der Waals surface area contributed by atoms with E-state index < -0.39 is 5.54 Å². The summed E-state index contributed by atoms with van der Waals surface area (Å²) in [4.78, 5) is 4.82. The molecule has 2 aromatic rings. The van der Waals surface area contributed by atoms with Crippen molar-refractivity contribution in [1.82, 2.24) is 10.9 Å². The van der Waals surface area contributed by atoms with Crippen molar-refractivity contribution >= 4 is 52.0 Å². The summed E-state index contributed by atoms with van der Waals surface area (Å²) in [7, 11) is 0. The van der Waals surface area contributed by atoms with Gasteiger partial charge in [0.25, 0.3) is 0 Å². The fourth-order valence-corrected chi connectivity index (χ4v) is 4.11. The minimum absolute atomic E-state index is 0.437. The molecular formula is C19H20Cl3N5O. The van der Waals surface area contributed by atoms with Crippen molar-refractivity contribution < 1.29 is 4.74 Å². The van der Waals surface area contributed by atoms with Crippen LogP contribution in [-0.2, 0) is 11.3 Å². The van der Waals surface area contributed by atoms with Crippen LogP contribution in [0.15, 0.2) is 41.4 Å². The van der Waals surface area contributed by atoms with Gasteiger partial charge in [-0.1, -0.05) is 46.9 Å². The molecule has 148 valence electrons. The van der Waals surface area contributed by atoms with Crippen LogP contribution in [-0.4, -0.2) is 24.6 Å². The van der Waals surface area contributed by atoms with Gasteiger partial charge in [-0.2, -0.15) is 0 Å². The normalized spacial score (nSPS) is 18.0. The Kier molecular flexibility index (Phi) is 5.69. The zero-order valence-electron chi connectivity index (χ0n) is 15.0. The molecule has 0 amide bonds. The molecule has 4 N–H and O–H groups in total. The van der Waals surface area contributed by atoms with E-state index >= 15 is 0 Å².